The van der Waals surface area contributed by atoms with Crippen LogP contribution in [0.4, 0.5) is 0 Å². The molecule has 0 N–H and O–H groups in total. The number of para-hydroxylation sites is 1. The number of hydrogen-bond donors (Lipinski definition) is 0. The number of aromatic nitrogens is 6. The van der Waals surface area contributed by atoms with Gasteiger partial charge in [0, 0.05) is 11.9 Å². The molecule has 4 aromatic heterocycles. The molecule has 0 spiro atoms. The van der Waals surface area contributed by atoms with Crippen LogP contribution in [-0.4, -0.2) is 28.7 Å². The third kappa shape index (κ3) is 2.62. The van der Waals surface area contributed by atoms with Crippen molar-refractivity contribution < 1.29 is 0 Å². The Balaban J connectivity index is 1.54. The zero-order chi connectivity index (χ0) is 21.3. The normalized spacial score (nSPS) is 16.4. The summed E-state index contributed by atoms with van der Waals surface area (Å²) in [6, 6.07) is 7.38. The van der Waals surface area contributed by atoms with Gasteiger partial charge < -0.3 is 0 Å². The Bertz CT molecular complexity index is 1620. The first-order chi connectivity index (χ1) is 15.0. The van der Waals surface area contributed by atoms with E-state index < -0.39 is 0 Å². The van der Waals surface area contributed by atoms with Crippen molar-refractivity contribution in [2.24, 2.45) is 13.0 Å². The van der Waals surface area contributed by atoms with Crippen LogP contribution < -0.4 is 11.1 Å². The van der Waals surface area contributed by atoms with E-state index in [1.807, 2.05) is 22.6 Å². The molecule has 6 rings (SSSR count). The third-order valence-electron chi connectivity index (χ3n) is 6.29. The van der Waals surface area contributed by atoms with Gasteiger partial charge in [-0.05, 0) is 42.9 Å². The molecule has 0 aliphatic heterocycles. The van der Waals surface area contributed by atoms with E-state index in [4.69, 9.17) is 0 Å². The maximum Gasteiger partial charge on any atom is 0.262 e. The van der Waals surface area contributed by atoms with Crippen molar-refractivity contribution in [3.63, 3.8) is 0 Å². The molecule has 0 fully saturated rings. The molecule has 1 atom stereocenters. The highest BCUT2D eigenvalue weighted by Gasteiger charge is 2.23. The monoisotopic (exact) mass is 432 g/mol. The molecule has 0 amide bonds. The smallest absolute Gasteiger partial charge is 0.262 e. The van der Waals surface area contributed by atoms with E-state index >= 15 is 0 Å². The van der Waals surface area contributed by atoms with Gasteiger partial charge in [0.2, 0.25) is 5.78 Å². The van der Waals surface area contributed by atoms with E-state index in [1.54, 1.807) is 35.3 Å². The van der Waals surface area contributed by atoms with Crippen molar-refractivity contribution in [1.29, 1.82) is 0 Å². The second-order valence-electron chi connectivity index (χ2n) is 8.34. The summed E-state index contributed by atoms with van der Waals surface area (Å²) in [4.78, 5) is 32.8. The Morgan fingerprint density at radius 3 is 2.87 bits per heavy atom. The number of hydrogen-bond acceptors (Lipinski definition) is 6. The van der Waals surface area contributed by atoms with Gasteiger partial charge in [-0.25, -0.2) is 4.98 Å². The molecular weight excluding hydrogens is 412 g/mol. The van der Waals surface area contributed by atoms with Crippen LogP contribution in [0.1, 0.15) is 29.6 Å². The summed E-state index contributed by atoms with van der Waals surface area (Å²) in [6.07, 6.45) is 4.64. The van der Waals surface area contributed by atoms with Crippen LogP contribution in [-0.2, 0) is 26.4 Å². The van der Waals surface area contributed by atoms with Crippen molar-refractivity contribution in [2.45, 2.75) is 32.7 Å². The SMILES string of the molecule is CC1CCc2c(sc3ncn(Cc4nnc5n(C)c(=O)c6ccccc6n45)c(=O)c23)C1. The summed E-state index contributed by atoms with van der Waals surface area (Å²) in [6.45, 7) is 2.49. The van der Waals surface area contributed by atoms with Gasteiger partial charge in [0.1, 0.15) is 4.83 Å². The summed E-state index contributed by atoms with van der Waals surface area (Å²) >= 11 is 1.65. The Morgan fingerprint density at radius 2 is 2.00 bits per heavy atom. The van der Waals surface area contributed by atoms with Gasteiger partial charge in [-0.15, -0.1) is 21.5 Å². The second kappa shape index (κ2) is 6.58. The first kappa shape index (κ1) is 18.4. The molecular formula is C22H20N6O2S. The lowest BCUT2D eigenvalue weighted by Gasteiger charge is -2.17. The van der Waals surface area contributed by atoms with E-state index in [1.165, 1.54) is 15.0 Å². The zero-order valence-corrected chi connectivity index (χ0v) is 18.0. The zero-order valence-electron chi connectivity index (χ0n) is 17.2. The lowest BCUT2D eigenvalue weighted by atomic mass is 9.89. The van der Waals surface area contributed by atoms with Crippen LogP contribution in [0, 0.1) is 5.92 Å². The Hall–Kier alpha value is -3.33. The van der Waals surface area contributed by atoms with Gasteiger partial charge >= 0.3 is 0 Å². The van der Waals surface area contributed by atoms with Gasteiger partial charge in [-0.3, -0.25) is 23.1 Å². The molecule has 1 unspecified atom stereocenters. The molecule has 1 aliphatic carbocycles. The summed E-state index contributed by atoms with van der Waals surface area (Å²) < 4.78 is 4.93. The highest BCUT2D eigenvalue weighted by Crippen LogP contribution is 2.35. The molecule has 1 aliphatic rings. The number of rotatable bonds is 2. The Labute approximate surface area is 180 Å². The number of benzene rings is 1. The summed E-state index contributed by atoms with van der Waals surface area (Å²) in [5.74, 6) is 1.68. The van der Waals surface area contributed by atoms with Crippen LogP contribution in [0.15, 0.2) is 40.2 Å². The number of nitrogens with zero attached hydrogens (tertiary/aromatic N) is 6. The molecule has 1 aromatic carbocycles. The van der Waals surface area contributed by atoms with Crippen molar-refractivity contribution in [3.8, 4) is 0 Å². The third-order valence-corrected chi connectivity index (χ3v) is 7.45. The molecule has 0 radical (unpaired) electrons. The molecule has 0 saturated heterocycles. The molecule has 9 heteroatoms. The summed E-state index contributed by atoms with van der Waals surface area (Å²) in [5, 5.41) is 9.88. The molecule has 156 valence electrons. The lowest BCUT2D eigenvalue weighted by Crippen LogP contribution is -2.24. The minimum absolute atomic E-state index is 0.0390. The quantitative estimate of drug-likeness (QED) is 0.428. The summed E-state index contributed by atoms with van der Waals surface area (Å²) in [5.41, 5.74) is 1.73. The predicted molar refractivity (Wildman–Crippen MR) is 120 cm³/mol. The topological polar surface area (TPSA) is 87.1 Å². The molecule has 5 aromatic rings. The molecule has 8 nitrogen and oxygen atoms in total. The fraction of sp³-hybridized carbons (Fsp3) is 0.318. The van der Waals surface area contributed by atoms with Gasteiger partial charge in [-0.1, -0.05) is 19.1 Å². The van der Waals surface area contributed by atoms with E-state index in [0.29, 0.717) is 22.9 Å². The average Bonchev–Trinajstić information content (AvgIpc) is 3.35. The average molecular weight is 433 g/mol. The van der Waals surface area contributed by atoms with Crippen LogP contribution >= 0.6 is 11.3 Å². The minimum Gasteiger partial charge on any atom is -0.291 e. The van der Waals surface area contributed by atoms with E-state index in [2.05, 4.69) is 22.1 Å². The van der Waals surface area contributed by atoms with Crippen molar-refractivity contribution >= 4 is 38.2 Å². The van der Waals surface area contributed by atoms with E-state index in [9.17, 15) is 9.59 Å². The van der Waals surface area contributed by atoms with Gasteiger partial charge in [0.05, 0.1) is 29.2 Å². The fourth-order valence-electron chi connectivity index (χ4n) is 4.63. The van der Waals surface area contributed by atoms with Crippen LogP contribution in [0.25, 0.3) is 26.9 Å². The van der Waals surface area contributed by atoms with E-state index in [0.717, 1.165) is 35.0 Å². The van der Waals surface area contributed by atoms with Crippen LogP contribution in [0.2, 0.25) is 0 Å². The number of thiophene rings is 1. The van der Waals surface area contributed by atoms with Crippen molar-refractivity contribution in [3.05, 3.63) is 67.6 Å². The number of aryl methyl sites for hydroxylation is 2. The molecule has 0 saturated carbocycles. The van der Waals surface area contributed by atoms with Crippen molar-refractivity contribution in [1.82, 2.24) is 28.7 Å². The lowest BCUT2D eigenvalue weighted by molar-refractivity contribution is 0.509. The van der Waals surface area contributed by atoms with Crippen LogP contribution in [0.3, 0.4) is 0 Å². The largest absolute Gasteiger partial charge is 0.291 e. The standard InChI is InChI=1S/C22H20N6O2S/c1-12-7-8-14-16(9-12)31-19-18(14)21(30)27(11-23-19)10-17-24-25-22-26(2)20(29)13-5-3-4-6-15(13)28(17)22/h3-6,11-12H,7-10H2,1-2H3. The number of fused-ring (bicyclic) bond motifs is 6. The fourth-order valence-corrected chi connectivity index (χ4v) is 5.97. The van der Waals surface area contributed by atoms with Crippen LogP contribution in [0.5, 0.6) is 0 Å². The first-order valence-corrected chi connectivity index (χ1v) is 11.2. The Morgan fingerprint density at radius 1 is 1.16 bits per heavy atom. The molecule has 4 heterocycles. The second-order valence-corrected chi connectivity index (χ2v) is 9.43. The Kier molecular flexibility index (Phi) is 3.92. The maximum absolute atomic E-state index is 13.4. The highest BCUT2D eigenvalue weighted by molar-refractivity contribution is 7.18. The van der Waals surface area contributed by atoms with Gasteiger partial charge in [0.25, 0.3) is 11.1 Å². The predicted octanol–water partition coefficient (Wildman–Crippen LogP) is 2.53. The minimum atomic E-state index is -0.124. The highest BCUT2D eigenvalue weighted by atomic mass is 32.1. The van der Waals surface area contributed by atoms with Gasteiger partial charge in [0.15, 0.2) is 5.82 Å². The molecule has 31 heavy (non-hydrogen) atoms. The summed E-state index contributed by atoms with van der Waals surface area (Å²) in [7, 11) is 1.68. The van der Waals surface area contributed by atoms with Gasteiger partial charge in [-0.2, -0.15) is 0 Å². The van der Waals surface area contributed by atoms with E-state index in [-0.39, 0.29) is 17.7 Å². The molecule has 0 bridgehead atoms. The van der Waals surface area contributed by atoms with Crippen molar-refractivity contribution in [2.75, 3.05) is 0 Å². The maximum atomic E-state index is 13.4. The first-order valence-electron chi connectivity index (χ1n) is 10.3.